The molecule has 0 radical (unpaired) electrons. The van der Waals surface area contributed by atoms with Crippen LogP contribution in [0.1, 0.15) is 40.7 Å². The van der Waals surface area contributed by atoms with E-state index in [4.69, 9.17) is 5.73 Å². The van der Waals surface area contributed by atoms with Crippen molar-refractivity contribution in [2.45, 2.75) is 37.1 Å². The standard InChI is InChI=1S/C22H27N3O4S/c1-24(16-18-6-5-7-19(14-18)22(23)27)21(26)15-17-8-10-20(11-9-17)30(28,29)25-12-3-2-4-13-25/h5-11,14H,2-4,12-13,15-16H2,1H3,(H2,23,27). The Morgan fingerprint density at radius 3 is 2.30 bits per heavy atom. The molecule has 1 aliphatic heterocycles. The Morgan fingerprint density at radius 2 is 1.67 bits per heavy atom. The van der Waals surface area contributed by atoms with Crippen LogP contribution >= 0.6 is 0 Å². The first-order chi connectivity index (χ1) is 14.3. The highest BCUT2D eigenvalue weighted by Gasteiger charge is 2.25. The fourth-order valence-corrected chi connectivity index (χ4v) is 5.05. The molecule has 1 heterocycles. The van der Waals surface area contributed by atoms with Crippen LogP contribution in [0.15, 0.2) is 53.4 Å². The number of carbonyl (C=O) groups is 2. The van der Waals surface area contributed by atoms with Gasteiger partial charge in [0.2, 0.25) is 21.8 Å². The number of nitrogens with zero attached hydrogens (tertiary/aromatic N) is 2. The minimum absolute atomic E-state index is 0.105. The Hall–Kier alpha value is -2.71. The average Bonchev–Trinajstić information content (AvgIpc) is 2.75. The molecule has 2 aromatic rings. The largest absolute Gasteiger partial charge is 0.366 e. The molecule has 0 atom stereocenters. The summed E-state index contributed by atoms with van der Waals surface area (Å²) in [6.07, 6.45) is 3.00. The maximum atomic E-state index is 12.7. The number of likely N-dealkylation sites (N-methyl/N-ethyl adjacent to an activating group) is 1. The summed E-state index contributed by atoms with van der Waals surface area (Å²) in [6, 6.07) is 13.4. The number of hydrogen-bond donors (Lipinski definition) is 1. The predicted molar refractivity (Wildman–Crippen MR) is 114 cm³/mol. The summed E-state index contributed by atoms with van der Waals surface area (Å²) in [5.74, 6) is -0.614. The third-order valence-electron chi connectivity index (χ3n) is 5.29. The third-order valence-corrected chi connectivity index (χ3v) is 7.20. The summed E-state index contributed by atoms with van der Waals surface area (Å²) in [4.78, 5) is 25.7. The Labute approximate surface area is 177 Å². The van der Waals surface area contributed by atoms with Crippen molar-refractivity contribution in [2.24, 2.45) is 5.73 Å². The van der Waals surface area contributed by atoms with E-state index >= 15 is 0 Å². The first-order valence-corrected chi connectivity index (χ1v) is 11.4. The van der Waals surface area contributed by atoms with Gasteiger partial charge >= 0.3 is 0 Å². The van der Waals surface area contributed by atoms with Gasteiger partial charge in [0.1, 0.15) is 0 Å². The van der Waals surface area contributed by atoms with Crippen LogP contribution in [0.25, 0.3) is 0 Å². The van der Waals surface area contributed by atoms with Gasteiger partial charge in [-0.2, -0.15) is 4.31 Å². The maximum absolute atomic E-state index is 12.7. The molecule has 0 bridgehead atoms. The van der Waals surface area contributed by atoms with Gasteiger partial charge in [-0.3, -0.25) is 9.59 Å². The normalized spacial score (nSPS) is 15.0. The lowest BCUT2D eigenvalue weighted by Gasteiger charge is -2.25. The van der Waals surface area contributed by atoms with Crippen molar-refractivity contribution >= 4 is 21.8 Å². The zero-order valence-corrected chi connectivity index (χ0v) is 17.9. The van der Waals surface area contributed by atoms with Gasteiger partial charge in [0.25, 0.3) is 0 Å². The van der Waals surface area contributed by atoms with E-state index in [1.165, 1.54) is 4.31 Å². The molecule has 2 N–H and O–H groups in total. The average molecular weight is 430 g/mol. The number of piperidine rings is 1. The topological polar surface area (TPSA) is 101 Å². The lowest BCUT2D eigenvalue weighted by Crippen LogP contribution is -2.35. The van der Waals surface area contributed by atoms with Crippen molar-refractivity contribution in [3.05, 3.63) is 65.2 Å². The number of rotatable bonds is 7. The zero-order chi connectivity index (χ0) is 21.7. The summed E-state index contributed by atoms with van der Waals surface area (Å²) >= 11 is 0. The minimum atomic E-state index is -3.48. The number of sulfonamides is 1. The van der Waals surface area contributed by atoms with Gasteiger partial charge in [-0.15, -0.1) is 0 Å². The molecule has 1 aliphatic rings. The molecule has 30 heavy (non-hydrogen) atoms. The maximum Gasteiger partial charge on any atom is 0.248 e. The van der Waals surface area contributed by atoms with Crippen LogP contribution in [-0.4, -0.2) is 49.6 Å². The van der Waals surface area contributed by atoms with Gasteiger partial charge in [-0.1, -0.05) is 30.7 Å². The molecular formula is C22H27N3O4S. The van der Waals surface area contributed by atoms with E-state index in [0.29, 0.717) is 25.2 Å². The van der Waals surface area contributed by atoms with Crippen LogP contribution in [0, 0.1) is 0 Å². The molecule has 0 unspecified atom stereocenters. The molecule has 0 aromatic heterocycles. The van der Waals surface area contributed by atoms with E-state index in [1.54, 1.807) is 54.4 Å². The quantitative estimate of drug-likeness (QED) is 0.729. The SMILES string of the molecule is CN(Cc1cccc(C(N)=O)c1)C(=O)Cc1ccc(S(=O)(=O)N2CCCCC2)cc1. The number of hydrogen-bond acceptors (Lipinski definition) is 4. The van der Waals surface area contributed by atoms with Crippen molar-refractivity contribution in [1.29, 1.82) is 0 Å². The lowest BCUT2D eigenvalue weighted by atomic mass is 10.1. The smallest absolute Gasteiger partial charge is 0.248 e. The van der Waals surface area contributed by atoms with Gasteiger partial charge in [0.05, 0.1) is 11.3 Å². The fraction of sp³-hybridized carbons (Fsp3) is 0.364. The van der Waals surface area contributed by atoms with Crippen molar-refractivity contribution in [2.75, 3.05) is 20.1 Å². The Kier molecular flexibility index (Phi) is 6.89. The summed E-state index contributed by atoms with van der Waals surface area (Å²) in [6.45, 7) is 1.47. The van der Waals surface area contributed by atoms with E-state index in [0.717, 1.165) is 30.4 Å². The number of carbonyl (C=O) groups excluding carboxylic acids is 2. The monoisotopic (exact) mass is 429 g/mol. The molecule has 1 saturated heterocycles. The summed E-state index contributed by atoms with van der Waals surface area (Å²) < 4.78 is 27.0. The Morgan fingerprint density at radius 1 is 1.00 bits per heavy atom. The van der Waals surface area contributed by atoms with Crippen molar-refractivity contribution in [1.82, 2.24) is 9.21 Å². The minimum Gasteiger partial charge on any atom is -0.366 e. The highest BCUT2D eigenvalue weighted by atomic mass is 32.2. The van der Waals surface area contributed by atoms with E-state index in [2.05, 4.69) is 0 Å². The van der Waals surface area contributed by atoms with Crippen LogP contribution < -0.4 is 5.73 Å². The molecule has 3 rings (SSSR count). The molecule has 8 heteroatoms. The first kappa shape index (κ1) is 22.0. The molecule has 0 aliphatic carbocycles. The Balaban J connectivity index is 1.62. The Bertz CT molecular complexity index is 1010. The fourth-order valence-electron chi connectivity index (χ4n) is 3.53. The second-order valence-electron chi connectivity index (χ2n) is 7.60. The molecule has 0 saturated carbocycles. The number of primary amides is 1. The predicted octanol–water partition coefficient (Wildman–Crippen LogP) is 2.16. The lowest BCUT2D eigenvalue weighted by molar-refractivity contribution is -0.129. The van der Waals surface area contributed by atoms with E-state index in [-0.39, 0.29) is 17.2 Å². The van der Waals surface area contributed by atoms with Crippen LogP contribution in [0.2, 0.25) is 0 Å². The molecular weight excluding hydrogens is 402 g/mol. The molecule has 160 valence electrons. The van der Waals surface area contributed by atoms with Gasteiger partial charge in [0, 0.05) is 32.2 Å². The van der Waals surface area contributed by atoms with Crippen LogP contribution in [-0.2, 0) is 27.8 Å². The van der Waals surface area contributed by atoms with Gasteiger partial charge in [-0.05, 0) is 48.2 Å². The summed E-state index contributed by atoms with van der Waals surface area (Å²) in [5.41, 5.74) is 7.26. The van der Waals surface area contributed by atoms with Gasteiger partial charge < -0.3 is 10.6 Å². The highest BCUT2D eigenvalue weighted by Crippen LogP contribution is 2.21. The third kappa shape index (κ3) is 5.25. The summed E-state index contributed by atoms with van der Waals surface area (Å²) in [7, 11) is -1.79. The number of amides is 2. The van der Waals surface area contributed by atoms with Crippen molar-refractivity contribution in [3.63, 3.8) is 0 Å². The van der Waals surface area contributed by atoms with Crippen LogP contribution in [0.4, 0.5) is 0 Å². The van der Waals surface area contributed by atoms with Gasteiger partial charge in [-0.25, -0.2) is 8.42 Å². The van der Waals surface area contributed by atoms with Crippen molar-refractivity contribution in [3.8, 4) is 0 Å². The molecule has 0 spiro atoms. The van der Waals surface area contributed by atoms with E-state index < -0.39 is 15.9 Å². The van der Waals surface area contributed by atoms with E-state index in [1.807, 2.05) is 6.07 Å². The molecule has 2 amide bonds. The molecule has 7 nitrogen and oxygen atoms in total. The number of nitrogens with two attached hydrogens (primary N) is 1. The van der Waals surface area contributed by atoms with E-state index in [9.17, 15) is 18.0 Å². The summed E-state index contributed by atoms with van der Waals surface area (Å²) in [5, 5.41) is 0. The van der Waals surface area contributed by atoms with Crippen molar-refractivity contribution < 1.29 is 18.0 Å². The zero-order valence-electron chi connectivity index (χ0n) is 17.1. The van der Waals surface area contributed by atoms with Crippen LogP contribution in [0.3, 0.4) is 0 Å². The first-order valence-electron chi connectivity index (χ1n) is 9.99. The second-order valence-corrected chi connectivity index (χ2v) is 9.54. The number of benzene rings is 2. The molecule has 1 fully saturated rings. The van der Waals surface area contributed by atoms with Crippen LogP contribution in [0.5, 0.6) is 0 Å². The van der Waals surface area contributed by atoms with Gasteiger partial charge in [0.15, 0.2) is 0 Å². The molecule has 2 aromatic carbocycles. The second kappa shape index (κ2) is 9.40. The highest BCUT2D eigenvalue weighted by molar-refractivity contribution is 7.89.